The average Bonchev–Trinajstić information content (AvgIpc) is 2.70. The van der Waals surface area contributed by atoms with Crippen LogP contribution in [0.2, 0.25) is 0 Å². The predicted octanol–water partition coefficient (Wildman–Crippen LogP) is 3.78. The van der Waals surface area contributed by atoms with Crippen molar-refractivity contribution in [2.45, 2.75) is 6.92 Å². The van der Waals surface area contributed by atoms with Crippen molar-refractivity contribution in [1.29, 1.82) is 0 Å². The third kappa shape index (κ3) is 2.68. The Morgan fingerprint density at radius 2 is 2.18 bits per heavy atom. The maximum Gasteiger partial charge on any atom is 0.266 e. The number of carbonyl (C=O) groups is 1. The molecule has 2 N–H and O–H groups in total. The number of amides is 1. The summed E-state index contributed by atoms with van der Waals surface area (Å²) in [5.74, 6) is -0.163. The molecule has 0 fully saturated rings. The van der Waals surface area contributed by atoms with Crippen LogP contribution in [0.1, 0.15) is 15.2 Å². The van der Waals surface area contributed by atoms with Gasteiger partial charge in [0.05, 0.1) is 5.69 Å². The topological polar surface area (TPSA) is 49.3 Å². The second-order valence-corrected chi connectivity index (χ2v) is 5.34. The van der Waals surface area contributed by atoms with Crippen LogP contribution in [0.15, 0.2) is 34.1 Å². The molecule has 0 aliphatic rings. The minimum absolute atomic E-state index is 0.0663. The Balaban J connectivity index is 2.24. The minimum Gasteiger partial charge on any atom is -0.506 e. The van der Waals surface area contributed by atoms with E-state index in [4.69, 9.17) is 0 Å². The molecule has 88 valence electrons. The van der Waals surface area contributed by atoms with E-state index in [2.05, 4.69) is 21.2 Å². The number of carbonyl (C=O) groups excluding carboxylic acids is 1. The Labute approximate surface area is 111 Å². The molecule has 3 nitrogen and oxygen atoms in total. The maximum absolute atomic E-state index is 11.9. The number of hydrogen-bond donors (Lipinski definition) is 2. The summed E-state index contributed by atoms with van der Waals surface area (Å²) in [6.07, 6.45) is 0. The van der Waals surface area contributed by atoms with Gasteiger partial charge in [0.2, 0.25) is 0 Å². The molecular weight excluding hydrogens is 302 g/mol. The van der Waals surface area contributed by atoms with Crippen LogP contribution in [0, 0.1) is 6.92 Å². The van der Waals surface area contributed by atoms with Gasteiger partial charge in [0.25, 0.3) is 5.91 Å². The van der Waals surface area contributed by atoms with E-state index in [1.807, 2.05) is 18.4 Å². The summed E-state index contributed by atoms with van der Waals surface area (Å²) < 4.78 is 0.757. The average molecular weight is 312 g/mol. The molecule has 1 aromatic heterocycles. The standard InChI is InChI=1S/C12H10BrNO2S/c1-7-2-3-10(15)9(6-7)14-12(16)11-8(13)4-5-17-11/h2-6,15H,1H3,(H,14,16). The number of phenolic OH excluding ortho intramolecular Hbond substituents is 1. The van der Waals surface area contributed by atoms with Gasteiger partial charge in [0.1, 0.15) is 10.6 Å². The number of thiophene rings is 1. The molecule has 0 saturated carbocycles. The van der Waals surface area contributed by atoms with Crippen LogP contribution in [0.5, 0.6) is 5.75 Å². The molecule has 0 spiro atoms. The number of rotatable bonds is 2. The van der Waals surface area contributed by atoms with Gasteiger partial charge in [-0.3, -0.25) is 4.79 Å². The lowest BCUT2D eigenvalue weighted by atomic mass is 10.2. The van der Waals surface area contributed by atoms with Gasteiger partial charge < -0.3 is 10.4 Å². The number of aromatic hydroxyl groups is 1. The Bertz CT molecular complexity index is 565. The first-order valence-electron chi connectivity index (χ1n) is 4.92. The lowest BCUT2D eigenvalue weighted by Gasteiger charge is -2.07. The van der Waals surface area contributed by atoms with Gasteiger partial charge in [0, 0.05) is 4.47 Å². The first kappa shape index (κ1) is 12.1. The van der Waals surface area contributed by atoms with Crippen LogP contribution < -0.4 is 5.32 Å². The summed E-state index contributed by atoms with van der Waals surface area (Å²) in [4.78, 5) is 12.5. The van der Waals surface area contributed by atoms with E-state index in [1.165, 1.54) is 11.3 Å². The fraction of sp³-hybridized carbons (Fsp3) is 0.0833. The van der Waals surface area contributed by atoms with E-state index in [-0.39, 0.29) is 11.7 Å². The van der Waals surface area contributed by atoms with Crippen LogP contribution in [0.25, 0.3) is 0 Å². The zero-order chi connectivity index (χ0) is 12.4. The number of hydrogen-bond acceptors (Lipinski definition) is 3. The zero-order valence-corrected chi connectivity index (χ0v) is 11.4. The first-order chi connectivity index (χ1) is 8.08. The molecule has 0 atom stereocenters. The van der Waals surface area contributed by atoms with Gasteiger partial charge >= 0.3 is 0 Å². The number of benzene rings is 1. The van der Waals surface area contributed by atoms with Crippen molar-refractivity contribution >= 4 is 38.9 Å². The number of nitrogens with one attached hydrogen (secondary N) is 1. The van der Waals surface area contributed by atoms with Crippen LogP contribution >= 0.6 is 27.3 Å². The summed E-state index contributed by atoms with van der Waals surface area (Å²) in [6, 6.07) is 6.89. The van der Waals surface area contributed by atoms with E-state index in [0.717, 1.165) is 10.0 Å². The molecule has 2 aromatic rings. The molecule has 0 aliphatic carbocycles. The molecule has 0 saturated heterocycles. The molecule has 17 heavy (non-hydrogen) atoms. The lowest BCUT2D eigenvalue weighted by molar-refractivity contribution is 0.102. The SMILES string of the molecule is Cc1ccc(O)c(NC(=O)c2sccc2Br)c1. The van der Waals surface area contributed by atoms with Crippen molar-refractivity contribution in [1.82, 2.24) is 0 Å². The fourth-order valence-electron chi connectivity index (χ4n) is 1.38. The zero-order valence-electron chi connectivity index (χ0n) is 9.03. The van der Waals surface area contributed by atoms with E-state index in [1.54, 1.807) is 18.2 Å². The molecule has 1 amide bonds. The Kier molecular flexibility index (Phi) is 3.49. The highest BCUT2D eigenvalue weighted by Gasteiger charge is 2.13. The first-order valence-corrected chi connectivity index (χ1v) is 6.59. The van der Waals surface area contributed by atoms with Crippen LogP contribution in [0.3, 0.4) is 0 Å². The molecule has 0 unspecified atom stereocenters. The van der Waals surface area contributed by atoms with Gasteiger partial charge in [-0.05, 0) is 52.0 Å². The quantitative estimate of drug-likeness (QED) is 0.829. The van der Waals surface area contributed by atoms with Crippen molar-refractivity contribution < 1.29 is 9.90 Å². The maximum atomic E-state index is 11.9. The minimum atomic E-state index is -0.229. The number of phenols is 1. The van der Waals surface area contributed by atoms with Crippen molar-refractivity contribution in [3.05, 3.63) is 44.6 Å². The molecule has 0 radical (unpaired) electrons. The molecule has 1 heterocycles. The second kappa shape index (κ2) is 4.89. The third-order valence-corrected chi connectivity index (χ3v) is 4.06. The fourth-order valence-corrected chi connectivity index (χ4v) is 2.83. The van der Waals surface area contributed by atoms with Gasteiger partial charge in [-0.15, -0.1) is 11.3 Å². The van der Waals surface area contributed by atoms with Gasteiger partial charge in [-0.1, -0.05) is 6.07 Å². The van der Waals surface area contributed by atoms with Crippen LogP contribution in [-0.2, 0) is 0 Å². The largest absolute Gasteiger partial charge is 0.506 e. The third-order valence-electron chi connectivity index (χ3n) is 2.22. The summed E-state index contributed by atoms with van der Waals surface area (Å²) in [5, 5.41) is 14.1. The highest BCUT2D eigenvalue weighted by molar-refractivity contribution is 9.10. The van der Waals surface area contributed by atoms with E-state index in [0.29, 0.717) is 10.6 Å². The van der Waals surface area contributed by atoms with E-state index in [9.17, 15) is 9.90 Å². The summed E-state index contributed by atoms with van der Waals surface area (Å²) in [6.45, 7) is 1.90. The second-order valence-electron chi connectivity index (χ2n) is 3.57. The van der Waals surface area contributed by atoms with Crippen molar-refractivity contribution in [2.24, 2.45) is 0 Å². The van der Waals surface area contributed by atoms with Gasteiger partial charge in [-0.25, -0.2) is 0 Å². The van der Waals surface area contributed by atoms with Gasteiger partial charge in [0.15, 0.2) is 0 Å². The number of halogens is 1. The van der Waals surface area contributed by atoms with Crippen molar-refractivity contribution in [2.75, 3.05) is 5.32 Å². The van der Waals surface area contributed by atoms with E-state index < -0.39 is 0 Å². The van der Waals surface area contributed by atoms with Crippen LogP contribution in [0.4, 0.5) is 5.69 Å². The molecule has 2 rings (SSSR count). The number of anilines is 1. The Hall–Kier alpha value is -1.33. The summed E-state index contributed by atoms with van der Waals surface area (Å²) >= 11 is 4.65. The Morgan fingerprint density at radius 1 is 1.41 bits per heavy atom. The summed E-state index contributed by atoms with van der Waals surface area (Å²) in [7, 11) is 0. The molecule has 0 bridgehead atoms. The molecule has 0 aliphatic heterocycles. The van der Waals surface area contributed by atoms with Crippen molar-refractivity contribution in [3.8, 4) is 5.75 Å². The normalized spacial score (nSPS) is 10.2. The molecule has 5 heteroatoms. The molecule has 1 aromatic carbocycles. The highest BCUT2D eigenvalue weighted by atomic mass is 79.9. The monoisotopic (exact) mass is 311 g/mol. The van der Waals surface area contributed by atoms with Gasteiger partial charge in [-0.2, -0.15) is 0 Å². The van der Waals surface area contributed by atoms with E-state index >= 15 is 0 Å². The van der Waals surface area contributed by atoms with Crippen molar-refractivity contribution in [3.63, 3.8) is 0 Å². The van der Waals surface area contributed by atoms with Crippen LogP contribution in [-0.4, -0.2) is 11.0 Å². The predicted molar refractivity (Wildman–Crippen MR) is 72.8 cm³/mol. The number of aryl methyl sites for hydroxylation is 1. The smallest absolute Gasteiger partial charge is 0.266 e. The highest BCUT2D eigenvalue weighted by Crippen LogP contribution is 2.27. The summed E-state index contributed by atoms with van der Waals surface area (Å²) in [5.41, 5.74) is 1.40. The Morgan fingerprint density at radius 3 is 2.82 bits per heavy atom. The lowest BCUT2D eigenvalue weighted by Crippen LogP contribution is -2.10. The molecular formula is C12H10BrNO2S.